The van der Waals surface area contributed by atoms with Gasteiger partial charge >= 0.3 is 0 Å². The zero-order valence-corrected chi connectivity index (χ0v) is 15.9. The molecule has 1 aromatic carbocycles. The molecule has 1 fully saturated rings. The van der Waals surface area contributed by atoms with Crippen LogP contribution in [0.15, 0.2) is 47.1 Å². The number of benzene rings is 1. The normalized spacial score (nSPS) is 18.7. The molecule has 0 N–H and O–H groups in total. The fourth-order valence-electron chi connectivity index (χ4n) is 2.54. The van der Waals surface area contributed by atoms with Gasteiger partial charge in [0.1, 0.15) is 6.10 Å². The van der Waals surface area contributed by atoms with Crippen LogP contribution in [0.5, 0.6) is 5.88 Å². The van der Waals surface area contributed by atoms with Crippen LogP contribution in [0.25, 0.3) is 0 Å². The first kappa shape index (κ1) is 17.7. The Balaban J connectivity index is 1.64. The van der Waals surface area contributed by atoms with Crippen LogP contribution in [-0.4, -0.2) is 36.9 Å². The van der Waals surface area contributed by atoms with Crippen LogP contribution in [0.1, 0.15) is 12.0 Å². The standard InChI is InChI=1S/C16H16BrClN2O3S/c17-15-2-1-8-19-16(15)23-14-7-9-20(10-14)24(21,22)11-12-3-5-13(18)6-4-12/h1-6,8,14H,7,9-11H2. The minimum absolute atomic E-state index is 0.0375. The quantitative estimate of drug-likeness (QED) is 0.727. The summed E-state index contributed by atoms with van der Waals surface area (Å²) in [7, 11) is -3.38. The van der Waals surface area contributed by atoms with Crippen molar-refractivity contribution in [2.45, 2.75) is 18.3 Å². The predicted molar refractivity (Wildman–Crippen MR) is 96.6 cm³/mol. The molecule has 0 saturated carbocycles. The molecule has 1 saturated heterocycles. The van der Waals surface area contributed by atoms with Crippen molar-refractivity contribution in [2.24, 2.45) is 0 Å². The molecule has 0 spiro atoms. The molecule has 128 valence electrons. The highest BCUT2D eigenvalue weighted by atomic mass is 79.9. The molecule has 5 nitrogen and oxygen atoms in total. The number of ether oxygens (including phenoxy) is 1. The Hall–Kier alpha value is -1.15. The predicted octanol–water partition coefficient (Wildman–Crippen LogP) is 3.48. The molecule has 1 unspecified atom stereocenters. The summed E-state index contributed by atoms with van der Waals surface area (Å²) >= 11 is 9.21. The van der Waals surface area contributed by atoms with Gasteiger partial charge in [-0.1, -0.05) is 23.7 Å². The van der Waals surface area contributed by atoms with Gasteiger partial charge in [-0.2, -0.15) is 4.31 Å². The van der Waals surface area contributed by atoms with Crippen molar-refractivity contribution in [3.05, 3.63) is 57.7 Å². The van der Waals surface area contributed by atoms with E-state index in [9.17, 15) is 8.42 Å². The van der Waals surface area contributed by atoms with Crippen LogP contribution < -0.4 is 4.74 Å². The summed E-state index contributed by atoms with van der Waals surface area (Å²) in [5.41, 5.74) is 0.719. The van der Waals surface area contributed by atoms with Crippen LogP contribution in [0, 0.1) is 0 Å². The second-order valence-electron chi connectivity index (χ2n) is 5.56. The Bertz CT molecular complexity index is 814. The van der Waals surface area contributed by atoms with E-state index < -0.39 is 10.0 Å². The molecule has 0 radical (unpaired) electrons. The van der Waals surface area contributed by atoms with E-state index in [1.807, 2.05) is 6.07 Å². The summed E-state index contributed by atoms with van der Waals surface area (Å²) in [5, 5.41) is 0.590. The van der Waals surface area contributed by atoms with Crippen molar-refractivity contribution in [3.63, 3.8) is 0 Å². The molecule has 2 aromatic rings. The Morgan fingerprint density at radius 2 is 2.04 bits per heavy atom. The lowest BCUT2D eigenvalue weighted by Gasteiger charge is -2.17. The summed E-state index contributed by atoms with van der Waals surface area (Å²) < 4.78 is 33.2. The Morgan fingerprint density at radius 1 is 1.29 bits per heavy atom. The van der Waals surface area contributed by atoms with E-state index in [0.717, 1.165) is 10.0 Å². The van der Waals surface area contributed by atoms with Crippen molar-refractivity contribution in [2.75, 3.05) is 13.1 Å². The molecule has 1 aliphatic heterocycles. The van der Waals surface area contributed by atoms with Gasteiger partial charge in [0.05, 0.1) is 16.8 Å². The molecule has 0 bridgehead atoms. The van der Waals surface area contributed by atoms with Gasteiger partial charge in [0, 0.05) is 17.8 Å². The van der Waals surface area contributed by atoms with Crippen molar-refractivity contribution in [1.82, 2.24) is 9.29 Å². The number of sulfonamides is 1. The van der Waals surface area contributed by atoms with E-state index in [-0.39, 0.29) is 11.9 Å². The lowest BCUT2D eigenvalue weighted by molar-refractivity contribution is 0.205. The van der Waals surface area contributed by atoms with Crippen molar-refractivity contribution in [3.8, 4) is 5.88 Å². The van der Waals surface area contributed by atoms with Gasteiger partial charge in [0.2, 0.25) is 15.9 Å². The highest BCUT2D eigenvalue weighted by Crippen LogP contribution is 2.26. The van der Waals surface area contributed by atoms with Gasteiger partial charge in [0.25, 0.3) is 0 Å². The number of hydrogen-bond acceptors (Lipinski definition) is 4. The fraction of sp³-hybridized carbons (Fsp3) is 0.312. The lowest BCUT2D eigenvalue weighted by Crippen LogP contribution is -2.32. The maximum absolute atomic E-state index is 12.6. The highest BCUT2D eigenvalue weighted by Gasteiger charge is 2.33. The third kappa shape index (κ3) is 4.27. The summed E-state index contributed by atoms with van der Waals surface area (Å²) in [4.78, 5) is 4.16. The topological polar surface area (TPSA) is 59.5 Å². The van der Waals surface area contributed by atoms with Gasteiger partial charge in [-0.3, -0.25) is 0 Å². The van der Waals surface area contributed by atoms with Crippen molar-refractivity contribution in [1.29, 1.82) is 0 Å². The average Bonchev–Trinajstić information content (AvgIpc) is 3.01. The third-order valence-electron chi connectivity index (χ3n) is 3.77. The van der Waals surface area contributed by atoms with Crippen LogP contribution >= 0.6 is 27.5 Å². The van der Waals surface area contributed by atoms with E-state index in [1.54, 1.807) is 36.5 Å². The van der Waals surface area contributed by atoms with Crippen molar-refractivity contribution < 1.29 is 13.2 Å². The number of pyridine rings is 1. The molecule has 0 amide bonds. The minimum atomic E-state index is -3.38. The molecule has 1 aromatic heterocycles. The molecule has 2 heterocycles. The summed E-state index contributed by atoms with van der Waals surface area (Å²) in [5.74, 6) is 0.448. The Kier molecular flexibility index (Phi) is 5.44. The first-order chi connectivity index (χ1) is 11.4. The smallest absolute Gasteiger partial charge is 0.228 e. The van der Waals surface area contributed by atoms with Crippen LogP contribution in [-0.2, 0) is 15.8 Å². The molecule has 0 aliphatic carbocycles. The summed E-state index contributed by atoms with van der Waals surface area (Å²) in [6.07, 6.45) is 2.09. The summed E-state index contributed by atoms with van der Waals surface area (Å²) in [6, 6.07) is 10.5. The van der Waals surface area contributed by atoms with Gasteiger partial charge in [0.15, 0.2) is 0 Å². The first-order valence-corrected chi connectivity index (χ1v) is 10.2. The SMILES string of the molecule is O=S(=O)(Cc1ccc(Cl)cc1)N1CCC(Oc2ncccc2Br)C1. The average molecular weight is 432 g/mol. The maximum Gasteiger partial charge on any atom is 0.228 e. The third-order valence-corrected chi connectivity index (χ3v) is 6.44. The molecule has 1 aliphatic rings. The second-order valence-corrected chi connectivity index (χ2v) is 8.82. The van der Waals surface area contributed by atoms with Gasteiger partial charge in [-0.15, -0.1) is 0 Å². The highest BCUT2D eigenvalue weighted by molar-refractivity contribution is 9.10. The van der Waals surface area contributed by atoms with E-state index in [2.05, 4.69) is 20.9 Å². The van der Waals surface area contributed by atoms with Crippen LogP contribution in [0.3, 0.4) is 0 Å². The largest absolute Gasteiger partial charge is 0.472 e. The monoisotopic (exact) mass is 430 g/mol. The van der Waals surface area contributed by atoms with Crippen LogP contribution in [0.2, 0.25) is 5.02 Å². The number of nitrogens with zero attached hydrogens (tertiary/aromatic N) is 2. The molecule has 24 heavy (non-hydrogen) atoms. The van der Waals surface area contributed by atoms with E-state index in [4.69, 9.17) is 16.3 Å². The number of rotatable bonds is 5. The minimum Gasteiger partial charge on any atom is -0.472 e. The second kappa shape index (κ2) is 7.39. The maximum atomic E-state index is 12.6. The first-order valence-electron chi connectivity index (χ1n) is 7.43. The zero-order chi connectivity index (χ0) is 17.2. The van der Waals surface area contributed by atoms with Crippen molar-refractivity contribution >= 4 is 37.6 Å². The molecular weight excluding hydrogens is 416 g/mol. The lowest BCUT2D eigenvalue weighted by atomic mass is 10.2. The molecular formula is C16H16BrClN2O3S. The zero-order valence-electron chi connectivity index (χ0n) is 12.7. The fourth-order valence-corrected chi connectivity index (χ4v) is 4.59. The van der Waals surface area contributed by atoms with Crippen LogP contribution in [0.4, 0.5) is 0 Å². The van der Waals surface area contributed by atoms with E-state index in [1.165, 1.54) is 4.31 Å². The summed E-state index contributed by atoms with van der Waals surface area (Å²) in [6.45, 7) is 0.782. The van der Waals surface area contributed by atoms with Gasteiger partial charge < -0.3 is 4.74 Å². The molecule has 8 heteroatoms. The van der Waals surface area contributed by atoms with Gasteiger partial charge in [-0.25, -0.2) is 13.4 Å². The van der Waals surface area contributed by atoms with E-state index in [0.29, 0.717) is 30.4 Å². The Morgan fingerprint density at radius 3 is 2.75 bits per heavy atom. The number of halogens is 2. The number of aromatic nitrogens is 1. The number of hydrogen-bond donors (Lipinski definition) is 0. The molecule has 3 rings (SSSR count). The van der Waals surface area contributed by atoms with E-state index >= 15 is 0 Å². The van der Waals surface area contributed by atoms with Gasteiger partial charge in [-0.05, 0) is 52.2 Å². The molecule has 1 atom stereocenters. The Labute approximate surface area is 154 Å².